The molecule has 1 fully saturated rings. The number of anilines is 1. The van der Waals surface area contributed by atoms with E-state index in [1.54, 1.807) is 4.90 Å². The number of ether oxygens (including phenoxy) is 1. The van der Waals surface area contributed by atoms with Gasteiger partial charge in [-0.25, -0.2) is 0 Å². The van der Waals surface area contributed by atoms with Gasteiger partial charge in [-0.15, -0.1) is 11.6 Å². The fraction of sp³-hybridized carbons (Fsp3) is 0.406. The third-order valence-electron chi connectivity index (χ3n) is 7.27. The van der Waals surface area contributed by atoms with Gasteiger partial charge in [0.15, 0.2) is 0 Å². The van der Waals surface area contributed by atoms with Gasteiger partial charge in [0.05, 0.1) is 12.3 Å². The van der Waals surface area contributed by atoms with E-state index in [0.717, 1.165) is 30.2 Å². The third-order valence-corrected chi connectivity index (χ3v) is 7.50. The molecule has 0 heterocycles. The van der Waals surface area contributed by atoms with Crippen molar-refractivity contribution in [1.29, 1.82) is 0 Å². The van der Waals surface area contributed by atoms with E-state index in [1.165, 1.54) is 64.2 Å². The molecule has 0 aliphatic heterocycles. The Morgan fingerprint density at radius 1 is 0.737 bits per heavy atom. The molecule has 1 aliphatic carbocycles. The number of halogens is 1. The highest BCUT2D eigenvalue weighted by atomic mass is 35.5. The van der Waals surface area contributed by atoms with Gasteiger partial charge in [0.1, 0.15) is 17.4 Å². The largest absolute Gasteiger partial charge is 0.564 e. The Hall–Kier alpha value is -2.92. The number of hydrogen-bond donors (Lipinski definition) is 0. The van der Waals surface area contributed by atoms with E-state index in [0.29, 0.717) is 18.1 Å². The molecule has 0 saturated heterocycles. The van der Waals surface area contributed by atoms with E-state index in [9.17, 15) is 4.79 Å². The van der Waals surface area contributed by atoms with Crippen LogP contribution >= 0.6 is 11.6 Å². The normalized spacial score (nSPS) is 15.2. The molecule has 1 saturated carbocycles. The van der Waals surface area contributed by atoms with E-state index in [4.69, 9.17) is 21.0 Å². The summed E-state index contributed by atoms with van der Waals surface area (Å²) in [6.07, 6.45) is 13.5. The average Bonchev–Trinajstić information content (AvgIpc) is 3.02. The van der Waals surface area contributed by atoms with Crippen molar-refractivity contribution < 1.29 is 14.2 Å². The fourth-order valence-corrected chi connectivity index (χ4v) is 5.19. The smallest absolute Gasteiger partial charge is 0.343 e. The summed E-state index contributed by atoms with van der Waals surface area (Å²) in [5, 5.41) is 0. The average molecular weight is 532 g/mol. The molecule has 0 radical (unpaired) electrons. The van der Waals surface area contributed by atoms with E-state index in [-0.39, 0.29) is 11.8 Å². The van der Waals surface area contributed by atoms with Crippen molar-refractivity contribution >= 4 is 30.7 Å². The number of nitrogens with zero attached hydrogens (tertiary/aromatic N) is 1. The second-order valence-electron chi connectivity index (χ2n) is 10.2. The van der Waals surface area contributed by atoms with Crippen LogP contribution in [0.2, 0.25) is 5.82 Å². The summed E-state index contributed by atoms with van der Waals surface area (Å²) < 4.78 is 12.2. The van der Waals surface area contributed by atoms with Gasteiger partial charge in [0.25, 0.3) is 0 Å². The molecule has 4 rings (SSSR count). The Balaban J connectivity index is 1.30. The first-order valence-corrected chi connectivity index (χ1v) is 14.7. The van der Waals surface area contributed by atoms with Crippen molar-refractivity contribution in [2.45, 2.75) is 76.6 Å². The summed E-state index contributed by atoms with van der Waals surface area (Å²) in [4.78, 5) is 14.2. The maximum atomic E-state index is 12.5. The highest BCUT2D eigenvalue weighted by Gasteiger charge is 2.16. The second kappa shape index (κ2) is 15.5. The molecule has 0 spiro atoms. The Labute approximate surface area is 233 Å². The monoisotopic (exact) mass is 531 g/mol. The number of alkyl halides is 1. The SMILES string of the molecule is O=C(CCl)N(Cc1ccccc1)c1ccc(Oc2ccc(OBC3CCCCCCCCCC3)cc2)cc1. The van der Waals surface area contributed by atoms with E-state index in [1.807, 2.05) is 78.9 Å². The zero-order valence-corrected chi connectivity index (χ0v) is 23.1. The van der Waals surface area contributed by atoms with Crippen LogP contribution in [-0.4, -0.2) is 19.3 Å². The van der Waals surface area contributed by atoms with Gasteiger partial charge in [-0.3, -0.25) is 4.79 Å². The molecular weight excluding hydrogens is 493 g/mol. The lowest BCUT2D eigenvalue weighted by atomic mass is 9.73. The van der Waals surface area contributed by atoms with Gasteiger partial charge in [-0.1, -0.05) is 94.5 Å². The molecule has 0 atom stereocenters. The number of rotatable bonds is 9. The number of amides is 1. The predicted octanol–water partition coefficient (Wildman–Crippen LogP) is 8.68. The Morgan fingerprint density at radius 2 is 1.26 bits per heavy atom. The first-order valence-electron chi connectivity index (χ1n) is 14.1. The molecule has 6 heteroatoms. The number of carbonyl (C=O) groups is 1. The quantitative estimate of drug-likeness (QED) is 0.205. The van der Waals surface area contributed by atoms with Crippen molar-refractivity contribution in [2.24, 2.45) is 0 Å². The first kappa shape index (κ1) is 28.1. The van der Waals surface area contributed by atoms with Crippen LogP contribution in [0.25, 0.3) is 0 Å². The summed E-state index contributed by atoms with van der Waals surface area (Å²) in [7, 11) is 0.794. The molecule has 38 heavy (non-hydrogen) atoms. The summed E-state index contributed by atoms with van der Waals surface area (Å²) in [6.45, 7) is 0.467. The van der Waals surface area contributed by atoms with Crippen molar-refractivity contribution in [3.8, 4) is 17.2 Å². The Bertz CT molecular complexity index is 1080. The van der Waals surface area contributed by atoms with Crippen molar-refractivity contribution in [2.75, 3.05) is 10.8 Å². The Morgan fingerprint density at radius 3 is 1.84 bits per heavy atom. The van der Waals surface area contributed by atoms with Crippen molar-refractivity contribution in [3.63, 3.8) is 0 Å². The number of benzene rings is 3. The van der Waals surface area contributed by atoms with E-state index < -0.39 is 0 Å². The maximum absolute atomic E-state index is 12.5. The van der Waals surface area contributed by atoms with Gasteiger partial charge in [-0.05, 0) is 59.9 Å². The standard InChI is InChI=1S/C32H39BClNO3/c34-24-32(36)35(25-26-12-8-7-9-13-26)28-16-18-29(19-17-28)37-30-20-22-31(23-21-30)38-33-27-14-10-5-3-1-2-4-6-11-15-27/h7-9,12-13,16-23,27,33H,1-6,10-11,14-15,24-25H2. The fourth-order valence-electron chi connectivity index (χ4n) is 5.05. The van der Waals surface area contributed by atoms with Crippen LogP contribution in [0.15, 0.2) is 78.9 Å². The lowest BCUT2D eigenvalue weighted by Crippen LogP contribution is -2.31. The minimum atomic E-state index is -0.138. The molecule has 200 valence electrons. The highest BCUT2D eigenvalue weighted by molar-refractivity contribution is 6.30. The van der Waals surface area contributed by atoms with Gasteiger partial charge < -0.3 is 14.3 Å². The molecule has 0 bridgehead atoms. The number of hydrogen-bond acceptors (Lipinski definition) is 3. The molecule has 3 aromatic rings. The van der Waals surface area contributed by atoms with Crippen LogP contribution in [0.1, 0.15) is 69.8 Å². The summed E-state index contributed by atoms with van der Waals surface area (Å²) >= 11 is 5.89. The minimum Gasteiger partial charge on any atom is -0.564 e. The van der Waals surface area contributed by atoms with Gasteiger partial charge >= 0.3 is 7.48 Å². The summed E-state index contributed by atoms with van der Waals surface area (Å²) in [6, 6.07) is 25.3. The third kappa shape index (κ3) is 9.13. The van der Waals surface area contributed by atoms with Crippen molar-refractivity contribution in [1.82, 2.24) is 0 Å². The molecule has 3 aromatic carbocycles. The van der Waals surface area contributed by atoms with Crippen LogP contribution in [0.4, 0.5) is 5.69 Å². The summed E-state index contributed by atoms with van der Waals surface area (Å²) in [5.41, 5.74) is 1.83. The lowest BCUT2D eigenvalue weighted by molar-refractivity contribution is -0.116. The van der Waals surface area contributed by atoms with Crippen LogP contribution in [0.5, 0.6) is 17.2 Å². The molecule has 0 aromatic heterocycles. The first-order chi connectivity index (χ1) is 18.7. The summed E-state index contributed by atoms with van der Waals surface area (Å²) in [5.74, 6) is 2.78. The zero-order chi connectivity index (χ0) is 26.4. The van der Waals surface area contributed by atoms with Gasteiger partial charge in [0, 0.05) is 5.69 Å². The van der Waals surface area contributed by atoms with E-state index in [2.05, 4.69) is 0 Å². The second-order valence-corrected chi connectivity index (χ2v) is 10.5. The highest BCUT2D eigenvalue weighted by Crippen LogP contribution is 2.29. The van der Waals surface area contributed by atoms with Crippen LogP contribution in [-0.2, 0) is 11.3 Å². The van der Waals surface area contributed by atoms with Crippen LogP contribution in [0, 0.1) is 0 Å². The van der Waals surface area contributed by atoms with Crippen LogP contribution in [0.3, 0.4) is 0 Å². The Kier molecular flexibility index (Phi) is 11.5. The molecule has 4 nitrogen and oxygen atoms in total. The molecule has 0 unspecified atom stereocenters. The maximum Gasteiger partial charge on any atom is 0.343 e. The zero-order valence-electron chi connectivity index (χ0n) is 22.3. The topological polar surface area (TPSA) is 38.8 Å². The molecule has 0 N–H and O–H groups in total. The van der Waals surface area contributed by atoms with E-state index >= 15 is 0 Å². The predicted molar refractivity (Wildman–Crippen MR) is 159 cm³/mol. The van der Waals surface area contributed by atoms with Gasteiger partial charge in [0.2, 0.25) is 5.91 Å². The van der Waals surface area contributed by atoms with Crippen molar-refractivity contribution in [3.05, 3.63) is 84.4 Å². The lowest BCUT2D eigenvalue weighted by Gasteiger charge is -2.22. The molecular formula is C32H39BClNO3. The van der Waals surface area contributed by atoms with Gasteiger partial charge in [-0.2, -0.15) is 0 Å². The molecule has 1 aliphatic rings. The van der Waals surface area contributed by atoms with Crippen LogP contribution < -0.4 is 14.3 Å². The minimum absolute atomic E-state index is 0.0692. The number of carbonyl (C=O) groups excluding carboxylic acids is 1. The molecule has 1 amide bonds.